The first-order valence-electron chi connectivity index (χ1n) is 5.99. The molecule has 0 saturated carbocycles. The molecular weight excluding hydrogens is 512 g/mol. The highest BCUT2D eigenvalue weighted by Crippen LogP contribution is 2.29. The minimum Gasteiger partial charge on any atom is -0.465 e. The maximum absolute atomic E-state index is 12.7. The highest BCUT2D eigenvalue weighted by molar-refractivity contribution is 14.1. The van der Waals surface area contributed by atoms with Crippen LogP contribution in [0.2, 0.25) is 0 Å². The van der Waals surface area contributed by atoms with Gasteiger partial charge in [-0.15, -0.1) is 0 Å². The van der Waals surface area contributed by atoms with Gasteiger partial charge in [0.1, 0.15) is 5.75 Å². The Morgan fingerprint density at radius 1 is 1.29 bits per heavy atom. The predicted octanol–water partition coefficient (Wildman–Crippen LogP) is 4.08. The number of benzene rings is 1. The van der Waals surface area contributed by atoms with Crippen LogP contribution in [-0.2, 0) is 9.47 Å². The van der Waals surface area contributed by atoms with E-state index in [0.29, 0.717) is 26.4 Å². The van der Waals surface area contributed by atoms with Crippen molar-refractivity contribution in [3.63, 3.8) is 0 Å². The Bertz CT molecular complexity index is 480. The van der Waals surface area contributed by atoms with E-state index in [-0.39, 0.29) is 12.4 Å². The Morgan fingerprint density at radius 3 is 2.33 bits per heavy atom. The van der Waals surface area contributed by atoms with Crippen LogP contribution in [0.5, 0.6) is 5.75 Å². The summed E-state index contributed by atoms with van der Waals surface area (Å²) < 4.78 is 41.8. The minimum absolute atomic E-state index is 0.106. The average molecular weight is 526 g/mol. The lowest BCUT2D eigenvalue weighted by Gasteiger charge is -2.13. The summed E-state index contributed by atoms with van der Waals surface area (Å²) in [5.74, 6) is -3.25. The summed E-state index contributed by atoms with van der Waals surface area (Å²) in [7, 11) is 0. The van der Waals surface area contributed by atoms with Gasteiger partial charge in [-0.1, -0.05) is 0 Å². The summed E-state index contributed by atoms with van der Waals surface area (Å²) >= 11 is 4.00. The van der Waals surface area contributed by atoms with E-state index in [9.17, 15) is 13.6 Å². The molecule has 0 heterocycles. The second-order valence-electron chi connectivity index (χ2n) is 4.17. The molecule has 1 rings (SSSR count). The quantitative estimate of drug-likeness (QED) is 0.233. The van der Waals surface area contributed by atoms with Crippen LogP contribution in [0, 0.1) is 7.14 Å². The number of hydrogen-bond donors (Lipinski definition) is 0. The molecule has 0 aliphatic rings. The largest absolute Gasteiger partial charge is 0.465 e. The fourth-order valence-corrected chi connectivity index (χ4v) is 3.35. The Kier molecular flexibility index (Phi) is 7.54. The zero-order valence-corrected chi connectivity index (χ0v) is 15.7. The van der Waals surface area contributed by atoms with Crippen molar-refractivity contribution in [3.05, 3.63) is 24.8 Å². The fourth-order valence-electron chi connectivity index (χ4n) is 1.28. The molecular formula is C13H14F2I2O4. The molecule has 0 bridgehead atoms. The van der Waals surface area contributed by atoms with Gasteiger partial charge in [0.2, 0.25) is 0 Å². The van der Waals surface area contributed by atoms with Gasteiger partial charge in [0.15, 0.2) is 13.4 Å². The van der Waals surface area contributed by atoms with Gasteiger partial charge in [-0.05, 0) is 64.2 Å². The number of alkyl halides is 2. The molecule has 0 amide bonds. The van der Waals surface area contributed by atoms with E-state index in [4.69, 9.17) is 9.47 Å². The average Bonchev–Trinajstić information content (AvgIpc) is 2.38. The minimum atomic E-state index is -3.05. The third-order valence-electron chi connectivity index (χ3n) is 2.18. The van der Waals surface area contributed by atoms with E-state index >= 15 is 0 Å². The molecule has 4 nitrogen and oxygen atoms in total. The van der Waals surface area contributed by atoms with Gasteiger partial charge in [-0.25, -0.2) is 13.6 Å². The zero-order valence-electron chi connectivity index (χ0n) is 11.4. The zero-order chi connectivity index (χ0) is 16.0. The van der Waals surface area contributed by atoms with Crippen molar-refractivity contribution >= 4 is 51.2 Å². The van der Waals surface area contributed by atoms with Crippen molar-refractivity contribution in [1.82, 2.24) is 0 Å². The normalized spacial score (nSPS) is 11.3. The summed E-state index contributed by atoms with van der Waals surface area (Å²) in [6.07, 6.45) is 0. The molecule has 0 saturated heterocycles. The summed E-state index contributed by atoms with van der Waals surface area (Å²) in [5.41, 5.74) is 0.205. The van der Waals surface area contributed by atoms with E-state index in [0.717, 1.165) is 0 Å². The Balaban J connectivity index is 2.80. The Labute approximate surface area is 148 Å². The summed E-state index contributed by atoms with van der Waals surface area (Å²) in [6, 6.07) is 3.06. The first kappa shape index (κ1) is 18.8. The molecule has 0 atom stereocenters. The van der Waals surface area contributed by atoms with Gasteiger partial charge < -0.3 is 14.2 Å². The van der Waals surface area contributed by atoms with E-state index in [1.807, 2.05) is 52.1 Å². The topological polar surface area (TPSA) is 44.8 Å². The van der Waals surface area contributed by atoms with Crippen LogP contribution in [0.1, 0.15) is 24.2 Å². The lowest BCUT2D eigenvalue weighted by Crippen LogP contribution is -2.21. The summed E-state index contributed by atoms with van der Waals surface area (Å²) in [4.78, 5) is 11.7. The number of carbonyl (C=O) groups is 1. The fraction of sp³-hybridized carbons (Fsp3) is 0.462. The molecule has 0 N–H and O–H groups in total. The molecule has 0 fully saturated rings. The van der Waals surface area contributed by atoms with Crippen LogP contribution in [-0.4, -0.2) is 31.9 Å². The van der Waals surface area contributed by atoms with Crippen LogP contribution in [0.3, 0.4) is 0 Å². The van der Waals surface area contributed by atoms with Crippen LogP contribution in [0.25, 0.3) is 0 Å². The Morgan fingerprint density at radius 2 is 1.86 bits per heavy atom. The lowest BCUT2D eigenvalue weighted by atomic mass is 10.2. The Hall–Kier alpha value is -0.230. The van der Waals surface area contributed by atoms with Gasteiger partial charge in [-0.3, -0.25) is 0 Å². The predicted molar refractivity (Wildman–Crippen MR) is 89.9 cm³/mol. The maximum atomic E-state index is 12.7. The molecule has 0 aliphatic carbocycles. The molecule has 8 heteroatoms. The van der Waals surface area contributed by atoms with E-state index in [1.54, 1.807) is 0 Å². The van der Waals surface area contributed by atoms with Crippen LogP contribution in [0.4, 0.5) is 8.78 Å². The number of ether oxygens (including phenoxy) is 3. The van der Waals surface area contributed by atoms with Gasteiger partial charge >= 0.3 is 5.97 Å². The number of esters is 1. The SMILES string of the molecule is CCOCOc1c(I)cc(C(=O)OCC(C)(F)F)cc1I. The summed E-state index contributed by atoms with van der Waals surface area (Å²) in [5, 5.41) is 0. The van der Waals surface area contributed by atoms with E-state index in [1.165, 1.54) is 12.1 Å². The molecule has 0 aromatic heterocycles. The second kappa shape index (κ2) is 8.42. The highest BCUT2D eigenvalue weighted by atomic mass is 127. The molecule has 0 aliphatic heterocycles. The molecule has 0 spiro atoms. The van der Waals surface area contributed by atoms with Crippen molar-refractivity contribution in [2.45, 2.75) is 19.8 Å². The summed E-state index contributed by atoms with van der Waals surface area (Å²) in [6.45, 7) is 2.24. The van der Waals surface area contributed by atoms with Gasteiger partial charge in [0, 0.05) is 13.5 Å². The van der Waals surface area contributed by atoms with E-state index < -0.39 is 18.5 Å². The molecule has 0 unspecified atom stereocenters. The third kappa shape index (κ3) is 6.59. The van der Waals surface area contributed by atoms with Crippen LogP contribution < -0.4 is 4.74 Å². The van der Waals surface area contributed by atoms with Crippen molar-refractivity contribution in [1.29, 1.82) is 0 Å². The highest BCUT2D eigenvalue weighted by Gasteiger charge is 2.24. The standard InChI is InChI=1S/C13H14F2I2O4/c1-3-19-7-21-11-9(16)4-8(5-10(11)17)12(18)20-6-13(2,14)15/h4-5H,3,6-7H2,1-2H3. The lowest BCUT2D eigenvalue weighted by molar-refractivity contribution is -0.0467. The van der Waals surface area contributed by atoms with Gasteiger partial charge in [0.05, 0.1) is 12.7 Å². The van der Waals surface area contributed by atoms with Crippen molar-refractivity contribution in [3.8, 4) is 5.75 Å². The monoisotopic (exact) mass is 526 g/mol. The molecule has 21 heavy (non-hydrogen) atoms. The van der Waals surface area contributed by atoms with Crippen molar-refractivity contribution < 1.29 is 27.8 Å². The van der Waals surface area contributed by atoms with Crippen molar-refractivity contribution in [2.24, 2.45) is 0 Å². The number of halogens is 4. The molecule has 1 aromatic rings. The number of carbonyl (C=O) groups excluding carboxylic acids is 1. The van der Waals surface area contributed by atoms with Crippen molar-refractivity contribution in [2.75, 3.05) is 20.0 Å². The first-order chi connectivity index (χ1) is 9.74. The van der Waals surface area contributed by atoms with Crippen LogP contribution in [0.15, 0.2) is 12.1 Å². The number of hydrogen-bond acceptors (Lipinski definition) is 4. The molecule has 118 valence electrons. The molecule has 0 radical (unpaired) electrons. The first-order valence-corrected chi connectivity index (χ1v) is 8.15. The van der Waals surface area contributed by atoms with E-state index in [2.05, 4.69) is 4.74 Å². The smallest absolute Gasteiger partial charge is 0.338 e. The third-order valence-corrected chi connectivity index (χ3v) is 3.78. The second-order valence-corrected chi connectivity index (χ2v) is 6.49. The number of rotatable bonds is 7. The van der Waals surface area contributed by atoms with Gasteiger partial charge in [0.25, 0.3) is 5.92 Å². The van der Waals surface area contributed by atoms with Gasteiger partial charge in [-0.2, -0.15) is 0 Å². The molecule has 1 aromatic carbocycles. The maximum Gasteiger partial charge on any atom is 0.338 e. The van der Waals surface area contributed by atoms with Crippen LogP contribution >= 0.6 is 45.2 Å².